The van der Waals surface area contributed by atoms with Crippen molar-refractivity contribution in [2.45, 2.75) is 30.8 Å². The molecule has 2 amide bonds. The van der Waals surface area contributed by atoms with Gasteiger partial charge in [0.15, 0.2) is 0 Å². The molecule has 0 N–H and O–H groups in total. The Morgan fingerprint density at radius 2 is 2.03 bits per heavy atom. The summed E-state index contributed by atoms with van der Waals surface area (Å²) in [5.41, 5.74) is 3.03. The van der Waals surface area contributed by atoms with Gasteiger partial charge in [-0.3, -0.25) is 14.4 Å². The van der Waals surface area contributed by atoms with Crippen molar-refractivity contribution in [3.05, 3.63) is 30.6 Å². The highest BCUT2D eigenvalue weighted by atomic mass is 35.5. The third-order valence-electron chi connectivity index (χ3n) is 5.24. The van der Waals surface area contributed by atoms with E-state index in [2.05, 4.69) is 5.10 Å². The molecule has 30 heavy (non-hydrogen) atoms. The fourth-order valence-electron chi connectivity index (χ4n) is 3.73. The molecule has 2 aliphatic rings. The van der Waals surface area contributed by atoms with E-state index in [4.69, 9.17) is 32.7 Å². The Morgan fingerprint density at radius 3 is 2.67 bits per heavy atom. The number of hydrogen-bond acceptors (Lipinski definition) is 5. The van der Waals surface area contributed by atoms with E-state index in [0.717, 1.165) is 11.1 Å². The topological polar surface area (TPSA) is 76.9 Å². The standard InChI is InChI=1S/C20H22Cl2N4O4/c1-12-7-24(20(28)30-11-19(21)22)18-5-14(3-4-17(18)26(12)13(2)27)15-6-23-25(8-15)16-9-29-10-16/h3-6,8,12,16,19H,7,9-11H2,1-2H3. The Morgan fingerprint density at radius 1 is 1.27 bits per heavy atom. The zero-order valence-electron chi connectivity index (χ0n) is 16.6. The molecule has 2 aromatic rings. The molecular weight excluding hydrogens is 431 g/mol. The van der Waals surface area contributed by atoms with Crippen LogP contribution in [-0.2, 0) is 14.3 Å². The van der Waals surface area contributed by atoms with Crippen LogP contribution in [0.25, 0.3) is 11.1 Å². The maximum Gasteiger partial charge on any atom is 0.414 e. The number of anilines is 2. The Kier molecular flexibility index (Phi) is 5.90. The fourth-order valence-corrected chi connectivity index (χ4v) is 3.86. The van der Waals surface area contributed by atoms with Crippen LogP contribution in [0.1, 0.15) is 19.9 Å². The minimum atomic E-state index is -0.808. The van der Waals surface area contributed by atoms with Crippen LogP contribution in [0.5, 0.6) is 0 Å². The van der Waals surface area contributed by atoms with E-state index in [9.17, 15) is 9.59 Å². The highest BCUT2D eigenvalue weighted by molar-refractivity contribution is 6.44. The quantitative estimate of drug-likeness (QED) is 0.661. The first-order valence-electron chi connectivity index (χ1n) is 9.63. The molecular formula is C20H22Cl2N4O4. The molecule has 1 saturated heterocycles. The Labute approximate surface area is 184 Å². The second-order valence-corrected chi connectivity index (χ2v) is 8.70. The predicted octanol–water partition coefficient (Wildman–Crippen LogP) is 3.62. The van der Waals surface area contributed by atoms with Gasteiger partial charge in [0.25, 0.3) is 0 Å². The minimum absolute atomic E-state index is 0.0936. The Hall–Kier alpha value is -2.29. The second-order valence-electron chi connectivity index (χ2n) is 7.42. The highest BCUT2D eigenvalue weighted by Crippen LogP contribution is 2.39. The maximum atomic E-state index is 12.7. The van der Waals surface area contributed by atoms with Crippen LogP contribution in [0.2, 0.25) is 0 Å². The van der Waals surface area contributed by atoms with Gasteiger partial charge in [0.05, 0.1) is 42.9 Å². The summed E-state index contributed by atoms with van der Waals surface area (Å²) in [6.45, 7) is 4.88. The molecule has 8 nitrogen and oxygen atoms in total. The molecule has 0 bridgehead atoms. The summed E-state index contributed by atoms with van der Waals surface area (Å²) >= 11 is 11.4. The van der Waals surface area contributed by atoms with Gasteiger partial charge >= 0.3 is 6.09 Å². The fraction of sp³-hybridized carbons (Fsp3) is 0.450. The van der Waals surface area contributed by atoms with Crippen LogP contribution in [0, 0.1) is 0 Å². The van der Waals surface area contributed by atoms with Crippen molar-refractivity contribution in [1.29, 1.82) is 0 Å². The minimum Gasteiger partial charge on any atom is -0.446 e. The summed E-state index contributed by atoms with van der Waals surface area (Å²) in [6, 6.07) is 5.67. The molecule has 160 valence electrons. The van der Waals surface area contributed by atoms with Crippen molar-refractivity contribution in [2.24, 2.45) is 0 Å². The van der Waals surface area contributed by atoms with Crippen molar-refractivity contribution in [3.63, 3.8) is 0 Å². The molecule has 1 aromatic carbocycles. The van der Waals surface area contributed by atoms with E-state index in [-0.39, 0.29) is 24.6 Å². The maximum absolute atomic E-state index is 12.7. The van der Waals surface area contributed by atoms with Crippen molar-refractivity contribution in [1.82, 2.24) is 9.78 Å². The van der Waals surface area contributed by atoms with Crippen LogP contribution in [-0.4, -0.2) is 59.0 Å². The average Bonchev–Trinajstić information content (AvgIpc) is 3.12. The number of benzene rings is 1. The number of fused-ring (bicyclic) bond motifs is 1. The lowest BCUT2D eigenvalue weighted by molar-refractivity contribution is -0.117. The molecule has 0 saturated carbocycles. The van der Waals surface area contributed by atoms with E-state index in [1.807, 2.05) is 36.0 Å². The molecule has 3 heterocycles. The predicted molar refractivity (Wildman–Crippen MR) is 114 cm³/mol. The van der Waals surface area contributed by atoms with Gasteiger partial charge < -0.3 is 14.4 Å². The smallest absolute Gasteiger partial charge is 0.414 e. The Balaban J connectivity index is 1.70. The molecule has 1 unspecified atom stereocenters. The molecule has 2 aliphatic heterocycles. The molecule has 0 aliphatic carbocycles. The van der Waals surface area contributed by atoms with E-state index in [1.165, 1.54) is 11.8 Å². The number of rotatable bonds is 4. The molecule has 10 heteroatoms. The number of nitrogens with zero attached hydrogens (tertiary/aromatic N) is 4. The summed E-state index contributed by atoms with van der Waals surface area (Å²) in [5, 5.41) is 4.42. The first-order chi connectivity index (χ1) is 14.3. The van der Waals surface area contributed by atoms with Gasteiger partial charge in [0.1, 0.15) is 11.4 Å². The van der Waals surface area contributed by atoms with Crippen LogP contribution in [0.3, 0.4) is 0 Å². The monoisotopic (exact) mass is 452 g/mol. The number of carbonyl (C=O) groups excluding carboxylic acids is 2. The largest absolute Gasteiger partial charge is 0.446 e. The van der Waals surface area contributed by atoms with Gasteiger partial charge in [-0.2, -0.15) is 5.10 Å². The summed E-state index contributed by atoms with van der Waals surface area (Å²) in [7, 11) is 0. The number of aromatic nitrogens is 2. The van der Waals surface area contributed by atoms with Gasteiger partial charge in [-0.1, -0.05) is 6.07 Å². The van der Waals surface area contributed by atoms with Crippen molar-refractivity contribution < 1.29 is 19.1 Å². The summed E-state index contributed by atoms with van der Waals surface area (Å²) in [5.74, 6) is -0.0936. The summed E-state index contributed by atoms with van der Waals surface area (Å²) in [4.78, 5) is 27.4. The van der Waals surface area contributed by atoms with Crippen LogP contribution in [0.15, 0.2) is 30.6 Å². The first-order valence-corrected chi connectivity index (χ1v) is 10.5. The van der Waals surface area contributed by atoms with Crippen molar-refractivity contribution in [3.8, 4) is 11.1 Å². The molecule has 0 radical (unpaired) electrons. The Bertz CT molecular complexity index is 960. The molecule has 4 rings (SSSR count). The molecule has 0 spiro atoms. The van der Waals surface area contributed by atoms with Gasteiger partial charge in [-0.15, -0.1) is 23.2 Å². The van der Waals surface area contributed by atoms with Gasteiger partial charge in [0, 0.05) is 25.2 Å². The molecule has 1 fully saturated rings. The van der Waals surface area contributed by atoms with E-state index in [0.29, 0.717) is 31.1 Å². The van der Waals surface area contributed by atoms with Gasteiger partial charge in [0.2, 0.25) is 5.91 Å². The van der Waals surface area contributed by atoms with Gasteiger partial charge in [-0.05, 0) is 24.6 Å². The number of hydrogen-bond donors (Lipinski definition) is 0. The van der Waals surface area contributed by atoms with E-state index >= 15 is 0 Å². The molecule has 1 atom stereocenters. The molecule has 1 aromatic heterocycles. The van der Waals surface area contributed by atoms with E-state index in [1.54, 1.807) is 11.1 Å². The zero-order valence-corrected chi connectivity index (χ0v) is 18.1. The third kappa shape index (κ3) is 3.99. The lowest BCUT2D eigenvalue weighted by Crippen LogP contribution is -2.51. The average molecular weight is 453 g/mol. The van der Waals surface area contributed by atoms with Crippen molar-refractivity contribution in [2.75, 3.05) is 36.2 Å². The van der Waals surface area contributed by atoms with Crippen LogP contribution >= 0.6 is 23.2 Å². The third-order valence-corrected chi connectivity index (χ3v) is 5.49. The normalized spacial score (nSPS) is 18.9. The summed E-state index contributed by atoms with van der Waals surface area (Å²) in [6.07, 6.45) is 3.18. The zero-order chi connectivity index (χ0) is 21.4. The number of amides is 2. The van der Waals surface area contributed by atoms with Gasteiger partial charge in [-0.25, -0.2) is 4.79 Å². The lowest BCUT2D eigenvalue weighted by Gasteiger charge is -2.40. The number of carbonyl (C=O) groups is 2. The van der Waals surface area contributed by atoms with E-state index < -0.39 is 10.9 Å². The number of ether oxygens (including phenoxy) is 2. The highest BCUT2D eigenvalue weighted by Gasteiger charge is 2.35. The van der Waals surface area contributed by atoms with Crippen LogP contribution < -0.4 is 9.80 Å². The lowest BCUT2D eigenvalue weighted by atomic mass is 10.0. The first kappa shape index (κ1) is 21.0. The number of alkyl halides is 2. The number of halogens is 2. The summed E-state index contributed by atoms with van der Waals surface area (Å²) < 4.78 is 12.3. The van der Waals surface area contributed by atoms with Crippen molar-refractivity contribution >= 4 is 46.6 Å². The SMILES string of the molecule is CC(=O)N1c2ccc(-c3cnn(C4COC4)c3)cc2N(C(=O)OCC(Cl)Cl)CC1C. The van der Waals surface area contributed by atoms with Crippen LogP contribution in [0.4, 0.5) is 16.2 Å². The second kappa shape index (κ2) is 8.45.